The molecule has 2 aromatic heterocycles. The molecule has 2 amide bonds. The van der Waals surface area contributed by atoms with Gasteiger partial charge in [0.2, 0.25) is 0 Å². The highest BCUT2D eigenvalue weighted by molar-refractivity contribution is 6.04. The highest BCUT2D eigenvalue weighted by Crippen LogP contribution is 2.29. The number of imidazole rings is 1. The number of aromatic nitrogens is 4. The minimum atomic E-state index is -0.288. The van der Waals surface area contributed by atoms with Gasteiger partial charge in [-0.1, -0.05) is 30.3 Å². The molecule has 0 fully saturated rings. The molecule has 3 heterocycles. The van der Waals surface area contributed by atoms with Gasteiger partial charge >= 0.3 is 0 Å². The summed E-state index contributed by atoms with van der Waals surface area (Å²) < 4.78 is 7.76. The van der Waals surface area contributed by atoms with Gasteiger partial charge in [0.1, 0.15) is 11.5 Å². The van der Waals surface area contributed by atoms with Crippen molar-refractivity contribution in [2.24, 2.45) is 0 Å². The van der Waals surface area contributed by atoms with E-state index < -0.39 is 0 Å². The maximum atomic E-state index is 13.1. The van der Waals surface area contributed by atoms with E-state index in [1.807, 2.05) is 65.4 Å². The molecule has 0 bridgehead atoms. The molecule has 3 aromatic carbocycles. The molecule has 2 N–H and O–H groups in total. The number of nitrogens with zero attached hydrogens (tertiary/aromatic N) is 4. The van der Waals surface area contributed by atoms with Crippen LogP contribution in [0, 0.1) is 0 Å². The largest absolute Gasteiger partial charge is 0.457 e. The Morgan fingerprint density at radius 3 is 2.37 bits per heavy atom. The summed E-state index contributed by atoms with van der Waals surface area (Å²) in [5.74, 6) is 1.43. The number of carbonyl (C=O) groups is 2. The summed E-state index contributed by atoms with van der Waals surface area (Å²) >= 11 is 0. The Balaban J connectivity index is 1.08. The number of benzene rings is 3. The van der Waals surface area contributed by atoms with Crippen LogP contribution in [0.25, 0.3) is 0 Å². The molecule has 0 aliphatic carbocycles. The van der Waals surface area contributed by atoms with Gasteiger partial charge in [-0.2, -0.15) is 5.10 Å². The highest BCUT2D eigenvalue weighted by atomic mass is 16.5. The van der Waals surface area contributed by atoms with E-state index in [1.165, 1.54) is 0 Å². The first kappa shape index (κ1) is 23.2. The second-order valence-corrected chi connectivity index (χ2v) is 9.02. The Morgan fingerprint density at radius 2 is 1.63 bits per heavy atom. The van der Waals surface area contributed by atoms with Crippen molar-refractivity contribution in [3.05, 3.63) is 126 Å². The summed E-state index contributed by atoms with van der Waals surface area (Å²) in [6.07, 6.45) is 5.40. The molecule has 38 heavy (non-hydrogen) atoms. The predicted molar refractivity (Wildman–Crippen MR) is 141 cm³/mol. The normalized spacial score (nSPS) is 12.3. The number of ether oxygens (including phenoxy) is 1. The van der Waals surface area contributed by atoms with Crippen molar-refractivity contribution in [3.63, 3.8) is 0 Å². The highest BCUT2D eigenvalue weighted by Gasteiger charge is 2.29. The van der Waals surface area contributed by atoms with Gasteiger partial charge in [-0.15, -0.1) is 0 Å². The number of aromatic amines is 1. The second-order valence-electron chi connectivity index (χ2n) is 9.02. The van der Waals surface area contributed by atoms with Crippen molar-refractivity contribution in [3.8, 4) is 11.5 Å². The van der Waals surface area contributed by atoms with Crippen molar-refractivity contribution in [1.82, 2.24) is 24.6 Å². The molecule has 5 aromatic rings. The monoisotopic (exact) mass is 504 g/mol. The molecule has 9 heteroatoms. The van der Waals surface area contributed by atoms with E-state index in [0.717, 1.165) is 22.6 Å². The Morgan fingerprint density at radius 1 is 0.895 bits per heavy atom. The average Bonchev–Trinajstić information content (AvgIpc) is 3.69. The molecule has 1 aliphatic rings. The molecule has 1 aliphatic heterocycles. The number of hydrogen-bond donors (Lipinski definition) is 2. The number of hydrogen-bond acceptors (Lipinski definition) is 5. The van der Waals surface area contributed by atoms with Crippen LogP contribution in [0.2, 0.25) is 0 Å². The SMILES string of the molecule is O=C(Nc1n[nH]c2c1CN(C(=O)c1ccc(Cn3ccnc3)cc1)C2)c1ccc(Oc2ccccc2)cc1. The zero-order valence-corrected chi connectivity index (χ0v) is 20.4. The van der Waals surface area contributed by atoms with E-state index >= 15 is 0 Å². The summed E-state index contributed by atoms with van der Waals surface area (Å²) in [6, 6.07) is 23.9. The summed E-state index contributed by atoms with van der Waals surface area (Å²) in [5, 5.41) is 10.1. The van der Waals surface area contributed by atoms with E-state index in [9.17, 15) is 9.59 Å². The van der Waals surface area contributed by atoms with Crippen LogP contribution in [-0.2, 0) is 19.6 Å². The third kappa shape index (κ3) is 4.90. The van der Waals surface area contributed by atoms with Crippen LogP contribution >= 0.6 is 0 Å². The Kier molecular flexibility index (Phi) is 6.15. The number of carbonyl (C=O) groups excluding carboxylic acids is 2. The van der Waals surface area contributed by atoms with Gasteiger partial charge < -0.3 is 19.5 Å². The summed E-state index contributed by atoms with van der Waals surface area (Å²) in [4.78, 5) is 31.8. The smallest absolute Gasteiger partial charge is 0.256 e. The zero-order chi connectivity index (χ0) is 25.9. The molecule has 0 unspecified atom stereocenters. The molecule has 0 saturated heterocycles. The number of rotatable bonds is 7. The van der Waals surface area contributed by atoms with Crippen LogP contribution < -0.4 is 10.1 Å². The van der Waals surface area contributed by atoms with Crippen LogP contribution in [0.3, 0.4) is 0 Å². The fourth-order valence-electron chi connectivity index (χ4n) is 4.39. The van der Waals surface area contributed by atoms with Gasteiger partial charge in [0.25, 0.3) is 11.8 Å². The van der Waals surface area contributed by atoms with Crippen LogP contribution in [0.5, 0.6) is 11.5 Å². The molecule has 0 atom stereocenters. The number of fused-ring (bicyclic) bond motifs is 1. The first-order chi connectivity index (χ1) is 18.6. The van der Waals surface area contributed by atoms with Crippen molar-refractivity contribution < 1.29 is 14.3 Å². The van der Waals surface area contributed by atoms with Crippen molar-refractivity contribution >= 4 is 17.6 Å². The van der Waals surface area contributed by atoms with Crippen molar-refractivity contribution in [1.29, 1.82) is 0 Å². The first-order valence-corrected chi connectivity index (χ1v) is 12.2. The third-order valence-corrected chi connectivity index (χ3v) is 6.39. The Bertz CT molecular complexity index is 1560. The van der Waals surface area contributed by atoms with Crippen LogP contribution in [0.4, 0.5) is 5.82 Å². The van der Waals surface area contributed by atoms with Crippen LogP contribution in [0.1, 0.15) is 37.5 Å². The van der Waals surface area contributed by atoms with E-state index in [2.05, 4.69) is 20.5 Å². The predicted octanol–water partition coefficient (Wildman–Crippen LogP) is 4.86. The number of anilines is 1. The molecule has 0 spiro atoms. The number of amides is 2. The van der Waals surface area contributed by atoms with E-state index in [1.54, 1.807) is 41.7 Å². The fourth-order valence-corrected chi connectivity index (χ4v) is 4.39. The number of para-hydroxylation sites is 1. The van der Waals surface area contributed by atoms with Crippen LogP contribution in [0.15, 0.2) is 97.6 Å². The topological polar surface area (TPSA) is 105 Å². The molecule has 6 rings (SSSR count). The Hall–Kier alpha value is -5.18. The maximum Gasteiger partial charge on any atom is 0.256 e. The summed E-state index contributed by atoms with van der Waals surface area (Å²) in [5.41, 5.74) is 3.80. The fraction of sp³-hybridized carbons (Fsp3) is 0.103. The molecular weight excluding hydrogens is 480 g/mol. The van der Waals surface area contributed by atoms with Crippen molar-refractivity contribution in [2.75, 3.05) is 5.32 Å². The molecular formula is C29H24N6O3. The lowest BCUT2D eigenvalue weighted by atomic mass is 10.1. The van der Waals surface area contributed by atoms with Gasteiger partial charge in [-0.05, 0) is 54.1 Å². The molecule has 0 radical (unpaired) electrons. The maximum absolute atomic E-state index is 13.1. The van der Waals surface area contributed by atoms with E-state index in [0.29, 0.717) is 42.3 Å². The minimum Gasteiger partial charge on any atom is -0.457 e. The molecule has 188 valence electrons. The lowest BCUT2D eigenvalue weighted by Gasteiger charge is -2.16. The van der Waals surface area contributed by atoms with Gasteiger partial charge in [0.05, 0.1) is 25.1 Å². The average molecular weight is 505 g/mol. The van der Waals surface area contributed by atoms with Crippen molar-refractivity contribution in [2.45, 2.75) is 19.6 Å². The second kappa shape index (κ2) is 10.1. The third-order valence-electron chi connectivity index (χ3n) is 6.39. The van der Waals surface area contributed by atoms with Gasteiger partial charge in [-0.3, -0.25) is 14.7 Å². The number of nitrogens with one attached hydrogen (secondary N) is 2. The molecule has 9 nitrogen and oxygen atoms in total. The first-order valence-electron chi connectivity index (χ1n) is 12.2. The van der Waals surface area contributed by atoms with E-state index in [4.69, 9.17) is 4.74 Å². The van der Waals surface area contributed by atoms with Crippen LogP contribution in [-0.4, -0.2) is 36.5 Å². The lowest BCUT2D eigenvalue weighted by Crippen LogP contribution is -2.26. The number of H-pyrrole nitrogens is 1. The Labute approximate surface area is 218 Å². The summed E-state index contributed by atoms with van der Waals surface area (Å²) in [7, 11) is 0. The lowest BCUT2D eigenvalue weighted by molar-refractivity contribution is 0.0749. The van der Waals surface area contributed by atoms with Gasteiger partial charge in [-0.25, -0.2) is 4.98 Å². The summed E-state index contributed by atoms with van der Waals surface area (Å²) in [6.45, 7) is 1.46. The minimum absolute atomic E-state index is 0.0740. The standard InChI is InChI=1S/C29H24N6O3/c36-28(21-10-12-24(13-11-21)38-23-4-2-1-3-5-23)31-27-25-17-35(18-26(25)32-33-27)29(37)22-8-6-20(7-9-22)16-34-15-14-30-19-34/h1-15,19H,16-18H2,(H2,31,32,33,36). The quantitative estimate of drug-likeness (QED) is 0.330. The van der Waals surface area contributed by atoms with Gasteiger partial charge in [0, 0.05) is 35.6 Å². The molecule has 0 saturated carbocycles. The van der Waals surface area contributed by atoms with Gasteiger partial charge in [0.15, 0.2) is 5.82 Å². The van der Waals surface area contributed by atoms with E-state index in [-0.39, 0.29) is 11.8 Å². The zero-order valence-electron chi connectivity index (χ0n) is 20.4.